The summed E-state index contributed by atoms with van der Waals surface area (Å²) in [6.45, 7) is 1.84. The molecule has 2 N–H and O–H groups in total. The number of anilines is 1. The Morgan fingerprint density at radius 1 is 1.10 bits per heavy atom. The van der Waals surface area contributed by atoms with Gasteiger partial charge >= 0.3 is 0 Å². The molecule has 0 aliphatic heterocycles. The minimum atomic E-state index is -0.347. The number of aromatic amines is 1. The smallest absolute Gasteiger partial charge is 0.291 e. The first-order valence-corrected chi connectivity index (χ1v) is 9.71. The summed E-state index contributed by atoms with van der Waals surface area (Å²) in [5.74, 6) is 1.75. The van der Waals surface area contributed by atoms with Crippen molar-refractivity contribution in [3.05, 3.63) is 78.3 Å². The van der Waals surface area contributed by atoms with E-state index in [1.54, 1.807) is 37.6 Å². The molecule has 154 valence electrons. The van der Waals surface area contributed by atoms with E-state index in [-0.39, 0.29) is 11.7 Å². The number of carbonyl (C=O) groups excluding carboxylic acids is 1. The SMILES string of the molecule is COc1ccc2oc(C(=O)Nc3ccc(Oc4cccc5[nH]ccc45)nc3)c(C)c2c1. The molecular formula is C24H19N3O4. The maximum Gasteiger partial charge on any atom is 0.291 e. The number of furan rings is 1. The fourth-order valence-electron chi connectivity index (χ4n) is 3.50. The summed E-state index contributed by atoms with van der Waals surface area (Å²) in [6.07, 6.45) is 3.41. The van der Waals surface area contributed by atoms with Gasteiger partial charge in [-0.2, -0.15) is 0 Å². The van der Waals surface area contributed by atoms with Crippen molar-refractivity contribution in [2.45, 2.75) is 6.92 Å². The van der Waals surface area contributed by atoms with Crippen LogP contribution in [-0.2, 0) is 0 Å². The van der Waals surface area contributed by atoms with Crippen LogP contribution in [0.4, 0.5) is 5.69 Å². The number of aromatic nitrogens is 2. The van der Waals surface area contributed by atoms with E-state index in [1.165, 1.54) is 0 Å². The molecule has 0 bridgehead atoms. The molecule has 0 aliphatic rings. The minimum absolute atomic E-state index is 0.253. The molecule has 7 heteroatoms. The van der Waals surface area contributed by atoms with Crippen molar-refractivity contribution in [2.75, 3.05) is 12.4 Å². The number of rotatable bonds is 5. The summed E-state index contributed by atoms with van der Waals surface area (Å²) in [5, 5.41) is 4.63. The highest BCUT2D eigenvalue weighted by molar-refractivity contribution is 6.06. The first-order valence-electron chi connectivity index (χ1n) is 9.71. The quantitative estimate of drug-likeness (QED) is 0.387. The van der Waals surface area contributed by atoms with Crippen molar-refractivity contribution < 1.29 is 18.7 Å². The van der Waals surface area contributed by atoms with E-state index in [0.29, 0.717) is 28.6 Å². The van der Waals surface area contributed by atoms with Gasteiger partial charge in [-0.25, -0.2) is 4.98 Å². The van der Waals surface area contributed by atoms with Crippen LogP contribution in [0.5, 0.6) is 17.4 Å². The third-order valence-corrected chi connectivity index (χ3v) is 5.11. The number of hydrogen-bond acceptors (Lipinski definition) is 5. The Hall–Kier alpha value is -4.26. The molecule has 5 aromatic rings. The van der Waals surface area contributed by atoms with Crippen molar-refractivity contribution in [3.8, 4) is 17.4 Å². The fourth-order valence-corrected chi connectivity index (χ4v) is 3.50. The van der Waals surface area contributed by atoms with E-state index in [0.717, 1.165) is 21.9 Å². The number of ether oxygens (including phenoxy) is 2. The van der Waals surface area contributed by atoms with Crippen LogP contribution in [-0.4, -0.2) is 23.0 Å². The monoisotopic (exact) mass is 413 g/mol. The van der Waals surface area contributed by atoms with Gasteiger partial charge in [0.2, 0.25) is 5.88 Å². The number of pyridine rings is 1. The standard InChI is InChI=1S/C24H19N3O4/c1-14-18-12-16(29-2)7-8-21(18)31-23(14)24(28)27-15-6-9-22(26-13-15)30-20-5-3-4-19-17(20)10-11-25-19/h3-13,25H,1-2H3,(H,27,28). The average molecular weight is 413 g/mol. The average Bonchev–Trinajstić information content (AvgIpc) is 3.40. The Labute approximate surface area is 177 Å². The van der Waals surface area contributed by atoms with Crippen LogP contribution in [0.15, 0.2) is 71.4 Å². The van der Waals surface area contributed by atoms with Crippen LogP contribution in [0.3, 0.4) is 0 Å². The molecule has 31 heavy (non-hydrogen) atoms. The van der Waals surface area contributed by atoms with E-state index < -0.39 is 0 Å². The number of aryl methyl sites for hydroxylation is 1. The molecule has 0 spiro atoms. The van der Waals surface area contributed by atoms with Crippen LogP contribution in [0.2, 0.25) is 0 Å². The first kappa shape index (κ1) is 18.7. The van der Waals surface area contributed by atoms with Gasteiger partial charge in [0.05, 0.1) is 19.0 Å². The Morgan fingerprint density at radius 2 is 2.00 bits per heavy atom. The van der Waals surface area contributed by atoms with E-state index in [9.17, 15) is 4.79 Å². The highest BCUT2D eigenvalue weighted by Gasteiger charge is 2.18. The molecule has 3 aromatic heterocycles. The largest absolute Gasteiger partial charge is 0.497 e. The lowest BCUT2D eigenvalue weighted by atomic mass is 10.1. The number of carbonyl (C=O) groups is 1. The second-order valence-electron chi connectivity index (χ2n) is 7.05. The third kappa shape index (κ3) is 3.46. The number of H-pyrrole nitrogens is 1. The number of hydrogen-bond donors (Lipinski definition) is 2. The van der Waals surface area contributed by atoms with E-state index in [1.807, 2.05) is 43.5 Å². The molecule has 2 aromatic carbocycles. The highest BCUT2D eigenvalue weighted by atomic mass is 16.5. The van der Waals surface area contributed by atoms with Crippen molar-refractivity contribution in [2.24, 2.45) is 0 Å². The molecule has 1 amide bonds. The van der Waals surface area contributed by atoms with Crippen LogP contribution >= 0.6 is 0 Å². The summed E-state index contributed by atoms with van der Waals surface area (Å²) >= 11 is 0. The third-order valence-electron chi connectivity index (χ3n) is 5.11. The van der Waals surface area contributed by atoms with Crippen molar-refractivity contribution in [1.82, 2.24) is 9.97 Å². The number of amides is 1. The zero-order valence-corrected chi connectivity index (χ0v) is 16.9. The predicted molar refractivity (Wildman–Crippen MR) is 118 cm³/mol. The summed E-state index contributed by atoms with van der Waals surface area (Å²) in [5.41, 5.74) is 2.90. The second-order valence-corrected chi connectivity index (χ2v) is 7.05. The van der Waals surface area contributed by atoms with Gasteiger partial charge in [-0.1, -0.05) is 6.07 Å². The van der Waals surface area contributed by atoms with E-state index in [4.69, 9.17) is 13.9 Å². The second kappa shape index (κ2) is 7.53. The van der Waals surface area contributed by atoms with Gasteiger partial charge in [-0.05, 0) is 49.4 Å². The Kier molecular flexibility index (Phi) is 4.55. The molecule has 3 heterocycles. The number of nitrogens with zero attached hydrogens (tertiary/aromatic N) is 1. The molecule has 0 unspecified atom stereocenters. The molecule has 0 saturated heterocycles. The van der Waals surface area contributed by atoms with Gasteiger partial charge in [0.15, 0.2) is 5.76 Å². The van der Waals surface area contributed by atoms with Crippen molar-refractivity contribution in [3.63, 3.8) is 0 Å². The summed E-state index contributed by atoms with van der Waals surface area (Å²) in [4.78, 5) is 20.2. The minimum Gasteiger partial charge on any atom is -0.497 e. The van der Waals surface area contributed by atoms with Crippen LogP contribution in [0.25, 0.3) is 21.9 Å². The predicted octanol–water partition coefficient (Wildman–Crippen LogP) is 5.67. The molecule has 0 saturated carbocycles. The van der Waals surface area contributed by atoms with Gasteiger partial charge in [0.25, 0.3) is 5.91 Å². The molecule has 0 aliphatic carbocycles. The lowest BCUT2D eigenvalue weighted by molar-refractivity contribution is 0.0998. The van der Waals surface area contributed by atoms with Crippen LogP contribution in [0.1, 0.15) is 16.1 Å². The molecule has 7 nitrogen and oxygen atoms in total. The van der Waals surface area contributed by atoms with Crippen molar-refractivity contribution in [1.29, 1.82) is 0 Å². The normalized spacial score (nSPS) is 11.0. The van der Waals surface area contributed by atoms with E-state index in [2.05, 4.69) is 15.3 Å². The number of methoxy groups -OCH3 is 1. The molecule has 0 atom stereocenters. The number of benzene rings is 2. The highest BCUT2D eigenvalue weighted by Crippen LogP contribution is 2.30. The zero-order valence-electron chi connectivity index (χ0n) is 16.9. The Bertz CT molecular complexity index is 1400. The van der Waals surface area contributed by atoms with Crippen LogP contribution in [0, 0.1) is 6.92 Å². The fraction of sp³-hybridized carbons (Fsp3) is 0.0833. The summed E-state index contributed by atoms with van der Waals surface area (Å²) < 4.78 is 16.9. The van der Waals surface area contributed by atoms with Gasteiger partial charge in [0, 0.05) is 34.1 Å². The first-order chi connectivity index (χ1) is 15.1. The van der Waals surface area contributed by atoms with Gasteiger partial charge in [0.1, 0.15) is 17.1 Å². The molecule has 0 fully saturated rings. The van der Waals surface area contributed by atoms with Gasteiger partial charge < -0.3 is 24.2 Å². The molecular weight excluding hydrogens is 394 g/mol. The zero-order chi connectivity index (χ0) is 21.4. The summed E-state index contributed by atoms with van der Waals surface area (Å²) in [7, 11) is 1.60. The molecule has 0 radical (unpaired) electrons. The maximum atomic E-state index is 12.8. The Morgan fingerprint density at radius 3 is 2.81 bits per heavy atom. The topological polar surface area (TPSA) is 89.4 Å². The Balaban J connectivity index is 1.34. The number of fused-ring (bicyclic) bond motifs is 2. The lowest BCUT2D eigenvalue weighted by Crippen LogP contribution is -2.12. The van der Waals surface area contributed by atoms with Gasteiger partial charge in [-0.3, -0.25) is 4.79 Å². The molecule has 5 rings (SSSR count). The van der Waals surface area contributed by atoms with Crippen molar-refractivity contribution >= 4 is 33.5 Å². The maximum absolute atomic E-state index is 12.8. The van der Waals surface area contributed by atoms with Crippen LogP contribution < -0.4 is 14.8 Å². The number of nitrogens with one attached hydrogen (secondary N) is 2. The summed E-state index contributed by atoms with van der Waals surface area (Å²) in [6, 6.07) is 16.6. The van der Waals surface area contributed by atoms with Gasteiger partial charge in [-0.15, -0.1) is 0 Å². The van der Waals surface area contributed by atoms with E-state index >= 15 is 0 Å². The lowest BCUT2D eigenvalue weighted by Gasteiger charge is -2.08.